The van der Waals surface area contributed by atoms with E-state index in [4.69, 9.17) is 0 Å². The summed E-state index contributed by atoms with van der Waals surface area (Å²) in [6.45, 7) is 1.71. The molecule has 1 aliphatic carbocycles. The summed E-state index contributed by atoms with van der Waals surface area (Å²) in [5.74, 6) is 0.833. The number of benzene rings is 1. The molecule has 1 aromatic heterocycles. The zero-order valence-corrected chi connectivity index (χ0v) is 14.7. The molecule has 1 N–H and O–H groups in total. The molecule has 2 fully saturated rings. The van der Waals surface area contributed by atoms with Gasteiger partial charge < -0.3 is 10.2 Å². The molecule has 5 nitrogen and oxygen atoms in total. The smallest absolute Gasteiger partial charge is 0.222 e. The lowest BCUT2D eigenvalue weighted by molar-refractivity contribution is -0.130. The molecule has 2 aromatic rings. The van der Waals surface area contributed by atoms with Crippen LogP contribution in [0, 0.1) is 11.2 Å². The lowest BCUT2D eigenvalue weighted by Gasteiger charge is -2.45. The Morgan fingerprint density at radius 2 is 2.08 bits per heavy atom. The van der Waals surface area contributed by atoms with Crippen molar-refractivity contribution in [3.05, 3.63) is 54.2 Å². The van der Waals surface area contributed by atoms with Gasteiger partial charge in [0, 0.05) is 31.7 Å². The molecule has 0 atom stereocenters. The lowest BCUT2D eigenvalue weighted by atomic mass is 9.65. The van der Waals surface area contributed by atoms with Crippen LogP contribution in [0.1, 0.15) is 31.2 Å². The van der Waals surface area contributed by atoms with Gasteiger partial charge >= 0.3 is 0 Å². The highest BCUT2D eigenvalue weighted by Crippen LogP contribution is 2.49. The molecule has 26 heavy (non-hydrogen) atoms. The van der Waals surface area contributed by atoms with Crippen LogP contribution in [0.25, 0.3) is 0 Å². The maximum Gasteiger partial charge on any atom is 0.222 e. The topological polar surface area (TPSA) is 58.1 Å². The van der Waals surface area contributed by atoms with Gasteiger partial charge in [-0.15, -0.1) is 0 Å². The first-order chi connectivity index (χ1) is 12.6. The van der Waals surface area contributed by atoms with E-state index in [1.54, 1.807) is 24.7 Å². The molecule has 4 rings (SSSR count). The maximum atomic E-state index is 12.9. The van der Waals surface area contributed by atoms with E-state index in [1.165, 1.54) is 12.1 Å². The maximum absolute atomic E-state index is 12.9. The first kappa shape index (κ1) is 16.9. The number of carbonyl (C=O) groups is 1. The van der Waals surface area contributed by atoms with Gasteiger partial charge in [0.1, 0.15) is 18.0 Å². The van der Waals surface area contributed by atoms with Gasteiger partial charge in [0.2, 0.25) is 5.91 Å². The molecular weight excluding hydrogens is 331 g/mol. The van der Waals surface area contributed by atoms with Crippen molar-refractivity contribution in [3.8, 4) is 0 Å². The van der Waals surface area contributed by atoms with E-state index in [9.17, 15) is 9.18 Å². The monoisotopic (exact) mass is 354 g/mol. The summed E-state index contributed by atoms with van der Waals surface area (Å²) in [6, 6.07) is 8.71. The minimum Gasteiger partial charge on any atom is -0.367 e. The van der Waals surface area contributed by atoms with Crippen LogP contribution >= 0.6 is 0 Å². The zero-order chi connectivity index (χ0) is 18.0. The van der Waals surface area contributed by atoms with Gasteiger partial charge in [0.05, 0.1) is 0 Å². The normalized spacial score (nSPS) is 24.5. The van der Waals surface area contributed by atoms with E-state index in [0.717, 1.165) is 43.7 Å². The average molecular weight is 354 g/mol. The van der Waals surface area contributed by atoms with Crippen molar-refractivity contribution in [1.29, 1.82) is 0 Å². The Balaban J connectivity index is 1.24. The number of aromatic nitrogens is 2. The summed E-state index contributed by atoms with van der Waals surface area (Å²) in [4.78, 5) is 22.6. The van der Waals surface area contributed by atoms with Crippen LogP contribution in [0.3, 0.4) is 0 Å². The number of nitrogens with one attached hydrogen (secondary N) is 1. The number of likely N-dealkylation sites (tertiary alicyclic amines) is 1. The number of nitrogens with zero attached hydrogens (tertiary/aromatic N) is 3. The van der Waals surface area contributed by atoms with Crippen LogP contribution in [0.2, 0.25) is 0 Å². The summed E-state index contributed by atoms with van der Waals surface area (Å²) < 4.78 is 12.9. The molecule has 2 heterocycles. The van der Waals surface area contributed by atoms with Crippen LogP contribution in [0.5, 0.6) is 0 Å². The number of hydrogen-bond donors (Lipinski definition) is 1. The fourth-order valence-electron chi connectivity index (χ4n) is 4.21. The molecule has 6 heteroatoms. The van der Waals surface area contributed by atoms with Crippen molar-refractivity contribution in [2.45, 2.75) is 38.1 Å². The number of anilines is 1. The third-order valence-electron chi connectivity index (χ3n) is 5.62. The molecule has 1 aromatic carbocycles. The first-order valence-corrected chi connectivity index (χ1v) is 9.17. The predicted octanol–water partition coefficient (Wildman–Crippen LogP) is 3.04. The Labute approximate surface area is 152 Å². The summed E-state index contributed by atoms with van der Waals surface area (Å²) in [5.41, 5.74) is 1.28. The molecule has 0 bridgehead atoms. The van der Waals surface area contributed by atoms with E-state index in [-0.39, 0.29) is 17.1 Å². The largest absolute Gasteiger partial charge is 0.367 e. The van der Waals surface area contributed by atoms with E-state index in [1.807, 2.05) is 11.0 Å². The van der Waals surface area contributed by atoms with Crippen molar-refractivity contribution < 1.29 is 9.18 Å². The van der Waals surface area contributed by atoms with Crippen molar-refractivity contribution in [3.63, 3.8) is 0 Å². The van der Waals surface area contributed by atoms with E-state index in [0.29, 0.717) is 18.9 Å². The minimum atomic E-state index is -0.239. The second-order valence-electron chi connectivity index (χ2n) is 7.54. The Bertz CT molecular complexity index is 759. The fourth-order valence-corrected chi connectivity index (χ4v) is 4.21. The highest BCUT2D eigenvalue weighted by molar-refractivity contribution is 5.77. The van der Waals surface area contributed by atoms with Gasteiger partial charge in [-0.3, -0.25) is 4.79 Å². The molecule has 1 amide bonds. The minimum absolute atomic E-state index is 0.207. The van der Waals surface area contributed by atoms with Crippen LogP contribution in [-0.2, 0) is 11.2 Å². The van der Waals surface area contributed by atoms with Gasteiger partial charge in [-0.25, -0.2) is 14.4 Å². The Morgan fingerprint density at radius 3 is 2.81 bits per heavy atom. The van der Waals surface area contributed by atoms with Gasteiger partial charge in [-0.2, -0.15) is 0 Å². The van der Waals surface area contributed by atoms with E-state index >= 15 is 0 Å². The van der Waals surface area contributed by atoms with Crippen LogP contribution in [-0.4, -0.2) is 39.9 Å². The summed E-state index contributed by atoms with van der Waals surface area (Å²) in [6.07, 6.45) is 7.69. The van der Waals surface area contributed by atoms with Crippen molar-refractivity contribution in [2.24, 2.45) is 5.41 Å². The molecule has 136 valence electrons. The van der Waals surface area contributed by atoms with Crippen molar-refractivity contribution in [2.75, 3.05) is 18.4 Å². The fraction of sp³-hybridized carbons (Fsp3) is 0.450. The molecule has 1 aliphatic heterocycles. The molecule has 1 spiro atoms. The van der Waals surface area contributed by atoms with Gasteiger partial charge in [0.25, 0.3) is 0 Å². The molecular formula is C20H23FN4O. The second-order valence-corrected chi connectivity index (χ2v) is 7.54. The van der Waals surface area contributed by atoms with Crippen LogP contribution in [0.15, 0.2) is 42.9 Å². The summed E-state index contributed by atoms with van der Waals surface area (Å²) in [7, 11) is 0. The standard InChI is InChI=1S/C20H23FN4O/c21-16-4-1-15(2-5-16)3-6-19(26)25-10-8-20(13-25)11-17(12-20)24-18-7-9-22-14-23-18/h1-2,4-5,7,9,14,17H,3,6,8,10-13H2,(H,22,23,24). The first-order valence-electron chi connectivity index (χ1n) is 9.17. The second kappa shape index (κ2) is 7.02. The summed E-state index contributed by atoms with van der Waals surface area (Å²) in [5, 5.41) is 3.44. The Kier molecular flexibility index (Phi) is 4.57. The quantitative estimate of drug-likeness (QED) is 0.897. The van der Waals surface area contributed by atoms with Gasteiger partial charge in [-0.05, 0) is 54.9 Å². The highest BCUT2D eigenvalue weighted by atomic mass is 19.1. The van der Waals surface area contributed by atoms with Gasteiger partial charge in [-0.1, -0.05) is 12.1 Å². The van der Waals surface area contributed by atoms with Crippen molar-refractivity contribution in [1.82, 2.24) is 14.9 Å². The number of aryl methyl sites for hydroxylation is 1. The summed E-state index contributed by atoms with van der Waals surface area (Å²) >= 11 is 0. The number of rotatable bonds is 5. The molecule has 0 unspecified atom stereocenters. The Hall–Kier alpha value is -2.50. The SMILES string of the molecule is O=C(CCc1ccc(F)cc1)N1CCC2(CC(Nc3ccncn3)C2)C1. The number of carbonyl (C=O) groups excluding carboxylic acids is 1. The number of hydrogen-bond acceptors (Lipinski definition) is 4. The Morgan fingerprint density at radius 1 is 1.27 bits per heavy atom. The number of amides is 1. The predicted molar refractivity (Wildman–Crippen MR) is 97.0 cm³/mol. The van der Waals surface area contributed by atoms with Crippen LogP contribution in [0.4, 0.5) is 10.2 Å². The molecule has 0 radical (unpaired) electrons. The number of halogens is 1. The molecule has 1 saturated heterocycles. The average Bonchev–Trinajstić information content (AvgIpc) is 3.07. The lowest BCUT2D eigenvalue weighted by Crippen LogP contribution is -2.47. The van der Waals surface area contributed by atoms with Crippen molar-refractivity contribution >= 4 is 11.7 Å². The van der Waals surface area contributed by atoms with E-state index in [2.05, 4.69) is 15.3 Å². The third kappa shape index (κ3) is 3.69. The zero-order valence-electron chi connectivity index (χ0n) is 14.7. The van der Waals surface area contributed by atoms with Crippen LogP contribution < -0.4 is 5.32 Å². The molecule has 1 saturated carbocycles. The third-order valence-corrected chi connectivity index (χ3v) is 5.62. The van der Waals surface area contributed by atoms with E-state index < -0.39 is 0 Å². The highest BCUT2D eigenvalue weighted by Gasteiger charge is 2.49. The molecule has 2 aliphatic rings. The van der Waals surface area contributed by atoms with Gasteiger partial charge in [0.15, 0.2) is 0 Å².